The van der Waals surface area contributed by atoms with E-state index < -0.39 is 0 Å². The molecule has 4 aliphatic rings. The zero-order valence-electron chi connectivity index (χ0n) is 18.8. The normalized spacial score (nSPS) is 29.7. The topological polar surface area (TPSA) is 117 Å². The van der Waals surface area contributed by atoms with Crippen molar-refractivity contribution in [3.8, 4) is 6.07 Å². The van der Waals surface area contributed by atoms with Gasteiger partial charge in [-0.05, 0) is 70.4 Å². The fourth-order valence-corrected chi connectivity index (χ4v) is 7.51. The predicted octanol–water partition coefficient (Wildman–Crippen LogP) is 5.93. The Morgan fingerprint density at radius 2 is 1.51 bits per heavy atom. The maximum absolute atomic E-state index is 11.3. The van der Waals surface area contributed by atoms with Gasteiger partial charge in [0.2, 0.25) is 5.91 Å². The van der Waals surface area contributed by atoms with Gasteiger partial charge in [-0.15, -0.1) is 0 Å². The van der Waals surface area contributed by atoms with Crippen LogP contribution in [0.15, 0.2) is 21.3 Å². The predicted molar refractivity (Wildman–Crippen MR) is 144 cm³/mol. The number of rotatable bonds is 1. The number of hydrogen-bond acceptors (Lipinski definition) is 6. The van der Waals surface area contributed by atoms with Gasteiger partial charge in [0.15, 0.2) is 0 Å². The second-order valence-corrected chi connectivity index (χ2v) is 12.4. The number of nitrogens with zero attached hydrogens (tertiary/aromatic N) is 3. The van der Waals surface area contributed by atoms with E-state index >= 15 is 0 Å². The third-order valence-electron chi connectivity index (χ3n) is 8.00. The van der Waals surface area contributed by atoms with Crippen molar-refractivity contribution in [1.29, 1.82) is 5.26 Å². The molecular formula is C24H24Br2Cl2N6O. The number of aromatic nitrogens is 2. The highest BCUT2D eigenvalue weighted by Crippen LogP contribution is 2.54. The molecule has 2 aliphatic heterocycles. The standard InChI is InChI=1S/C12H13BrClN3O.C12H11BrClN3/c13-7-4-16-11-8(9(7)14)12(5-17-11)2-1-6(3-12)10(15)18;13-8-5-16-11-9(10(8)14)12(6-17-11)2-1-7(3-12)4-15/h4,6H,1-3,5H2,(H2,15,18)(H,16,17);5,7H,1-3,6H2,(H,16,17)/t6-,12-;7-,12-/m00/s1. The van der Waals surface area contributed by atoms with Gasteiger partial charge >= 0.3 is 0 Å². The van der Waals surface area contributed by atoms with Gasteiger partial charge < -0.3 is 16.4 Å². The molecule has 2 spiro atoms. The molecule has 2 aromatic rings. The number of fused-ring (bicyclic) bond motifs is 4. The fourth-order valence-electron chi connectivity index (χ4n) is 6.23. The summed E-state index contributed by atoms with van der Waals surface area (Å²) in [5, 5.41) is 17.1. The second-order valence-electron chi connectivity index (χ2n) is 9.97. The molecule has 2 aromatic heterocycles. The number of amides is 1. The summed E-state index contributed by atoms with van der Waals surface area (Å²) in [6.07, 6.45) is 8.82. The van der Waals surface area contributed by atoms with E-state index in [9.17, 15) is 4.79 Å². The van der Waals surface area contributed by atoms with Crippen LogP contribution >= 0.6 is 55.1 Å². The summed E-state index contributed by atoms with van der Waals surface area (Å²) in [6, 6.07) is 2.38. The zero-order valence-corrected chi connectivity index (χ0v) is 23.5. The average molecular weight is 643 g/mol. The summed E-state index contributed by atoms with van der Waals surface area (Å²) in [7, 11) is 0. The molecule has 7 nitrogen and oxygen atoms in total. The Bertz CT molecular complexity index is 1250. The first-order valence-corrected chi connectivity index (χ1v) is 13.9. The van der Waals surface area contributed by atoms with Crippen LogP contribution in [0.1, 0.15) is 49.7 Å². The lowest BCUT2D eigenvalue weighted by Crippen LogP contribution is -2.28. The Hall–Kier alpha value is -1.60. The van der Waals surface area contributed by atoms with Gasteiger partial charge in [0.05, 0.1) is 25.1 Å². The van der Waals surface area contributed by atoms with Gasteiger partial charge in [-0.3, -0.25) is 4.79 Å². The van der Waals surface area contributed by atoms with Crippen molar-refractivity contribution in [2.75, 3.05) is 23.7 Å². The summed E-state index contributed by atoms with van der Waals surface area (Å²) >= 11 is 19.6. The number of carbonyl (C=O) groups excluding carboxylic acids is 1. The maximum atomic E-state index is 11.3. The van der Waals surface area contributed by atoms with Crippen LogP contribution in [0.4, 0.5) is 11.6 Å². The summed E-state index contributed by atoms with van der Waals surface area (Å²) in [5.74, 6) is 1.62. The van der Waals surface area contributed by atoms with Crippen LogP contribution in [-0.2, 0) is 15.6 Å². The number of anilines is 2. The van der Waals surface area contributed by atoms with Crippen molar-refractivity contribution < 1.29 is 4.79 Å². The van der Waals surface area contributed by atoms with Gasteiger partial charge in [-0.2, -0.15) is 5.26 Å². The van der Waals surface area contributed by atoms with Crippen LogP contribution in [0.3, 0.4) is 0 Å². The Balaban J connectivity index is 0.000000145. The van der Waals surface area contributed by atoms with Gasteiger partial charge in [-0.25, -0.2) is 9.97 Å². The van der Waals surface area contributed by atoms with Crippen LogP contribution in [0.25, 0.3) is 0 Å². The molecule has 4 atom stereocenters. The molecule has 0 saturated heterocycles. The Labute approximate surface area is 230 Å². The zero-order chi connectivity index (χ0) is 25.0. The second kappa shape index (κ2) is 9.37. The highest BCUT2D eigenvalue weighted by molar-refractivity contribution is 9.10. The molecule has 2 saturated carbocycles. The molecule has 184 valence electrons. The summed E-state index contributed by atoms with van der Waals surface area (Å²) < 4.78 is 1.63. The number of primary amides is 1. The number of hydrogen-bond donors (Lipinski definition) is 3. The molecule has 0 bridgehead atoms. The van der Waals surface area contributed by atoms with E-state index in [4.69, 9.17) is 34.2 Å². The smallest absolute Gasteiger partial charge is 0.220 e. The first-order valence-electron chi connectivity index (χ1n) is 11.6. The number of carbonyl (C=O) groups is 1. The Morgan fingerprint density at radius 3 is 1.97 bits per heavy atom. The van der Waals surface area contributed by atoms with Crippen molar-refractivity contribution >= 4 is 72.6 Å². The number of nitrogens with two attached hydrogens (primary N) is 1. The number of nitriles is 1. The van der Waals surface area contributed by atoms with Crippen molar-refractivity contribution in [3.63, 3.8) is 0 Å². The van der Waals surface area contributed by atoms with E-state index in [1.807, 2.05) is 0 Å². The van der Waals surface area contributed by atoms with Crippen LogP contribution in [0.2, 0.25) is 10.0 Å². The lowest BCUT2D eigenvalue weighted by molar-refractivity contribution is -0.121. The fraction of sp³-hybridized carbons (Fsp3) is 0.500. The molecule has 1 amide bonds. The highest BCUT2D eigenvalue weighted by atomic mass is 79.9. The molecule has 4 heterocycles. The van der Waals surface area contributed by atoms with Gasteiger partial charge in [0, 0.05) is 59.3 Å². The van der Waals surface area contributed by atoms with Crippen LogP contribution in [0, 0.1) is 23.2 Å². The van der Waals surface area contributed by atoms with Crippen LogP contribution in [0.5, 0.6) is 0 Å². The Morgan fingerprint density at radius 1 is 1.00 bits per heavy atom. The van der Waals surface area contributed by atoms with E-state index in [1.165, 1.54) is 0 Å². The van der Waals surface area contributed by atoms with Crippen LogP contribution < -0.4 is 16.4 Å². The molecule has 2 fully saturated rings. The molecule has 35 heavy (non-hydrogen) atoms. The van der Waals surface area contributed by atoms with Crippen molar-refractivity contribution in [3.05, 3.63) is 42.5 Å². The quantitative estimate of drug-likeness (QED) is 0.355. The molecule has 0 unspecified atom stereocenters. The largest absolute Gasteiger partial charge is 0.369 e. The molecule has 4 N–H and O–H groups in total. The highest BCUT2D eigenvalue weighted by Gasteiger charge is 2.49. The lowest BCUT2D eigenvalue weighted by Gasteiger charge is -2.24. The third kappa shape index (κ3) is 4.20. The number of pyridine rings is 2. The summed E-state index contributed by atoms with van der Waals surface area (Å²) in [5.41, 5.74) is 7.50. The minimum atomic E-state index is -0.209. The number of halogens is 4. The summed E-state index contributed by atoms with van der Waals surface area (Å²) in [4.78, 5) is 20.1. The first-order chi connectivity index (χ1) is 16.7. The minimum absolute atomic E-state index is 0.0175. The van der Waals surface area contributed by atoms with E-state index in [0.29, 0.717) is 5.02 Å². The van der Waals surface area contributed by atoms with Gasteiger partial charge in [-0.1, -0.05) is 23.2 Å². The third-order valence-corrected chi connectivity index (χ3v) is 10.4. The van der Waals surface area contributed by atoms with E-state index in [0.717, 1.165) is 88.3 Å². The molecule has 0 aromatic carbocycles. The Kier molecular flexibility index (Phi) is 6.71. The van der Waals surface area contributed by atoms with Crippen molar-refractivity contribution in [1.82, 2.24) is 9.97 Å². The molecule has 2 aliphatic carbocycles. The number of nitrogens with one attached hydrogen (secondary N) is 2. The van der Waals surface area contributed by atoms with E-state index in [-0.39, 0.29) is 28.6 Å². The minimum Gasteiger partial charge on any atom is -0.369 e. The summed E-state index contributed by atoms with van der Waals surface area (Å²) in [6.45, 7) is 1.64. The molecular weight excluding hydrogens is 619 g/mol. The average Bonchev–Trinajstić information content (AvgIpc) is 3.62. The molecule has 0 radical (unpaired) electrons. The molecule has 6 rings (SSSR count). The molecule has 11 heteroatoms. The van der Waals surface area contributed by atoms with Gasteiger partial charge in [0.25, 0.3) is 0 Å². The monoisotopic (exact) mass is 640 g/mol. The van der Waals surface area contributed by atoms with E-state index in [1.54, 1.807) is 12.4 Å². The lowest BCUT2D eigenvalue weighted by atomic mass is 9.80. The van der Waals surface area contributed by atoms with Crippen molar-refractivity contribution in [2.45, 2.75) is 49.4 Å². The first kappa shape index (κ1) is 25.1. The SMILES string of the molecule is N#C[C@H]1CC[C@@]2(CNc3ncc(Br)c(Cl)c32)C1.NC(=O)[C@H]1CC[C@@]2(CNc3ncc(Br)c(Cl)c32)C1. The van der Waals surface area contributed by atoms with Crippen molar-refractivity contribution in [2.24, 2.45) is 17.6 Å². The van der Waals surface area contributed by atoms with E-state index in [2.05, 4.69) is 58.5 Å². The maximum Gasteiger partial charge on any atom is 0.220 e. The van der Waals surface area contributed by atoms with Gasteiger partial charge in [0.1, 0.15) is 11.6 Å². The van der Waals surface area contributed by atoms with Crippen LogP contribution in [-0.4, -0.2) is 29.0 Å².